The van der Waals surface area contributed by atoms with Gasteiger partial charge in [-0.1, -0.05) is 12.8 Å². The monoisotopic (exact) mass is 281 g/mol. The summed E-state index contributed by atoms with van der Waals surface area (Å²) in [4.78, 5) is 23.5. The molecule has 0 spiro atoms. The Hall–Kier alpha value is -2.18. The van der Waals surface area contributed by atoms with Crippen LogP contribution in [0.3, 0.4) is 0 Å². The Balaban J connectivity index is 2.05. The number of non-ortho nitro benzene ring substituents is 1. The first kappa shape index (κ1) is 14.2. The fourth-order valence-corrected chi connectivity index (χ4v) is 2.19. The van der Waals surface area contributed by atoms with Crippen molar-refractivity contribution in [1.29, 1.82) is 0 Å². The first-order valence-electron chi connectivity index (χ1n) is 6.58. The number of nitrogens with zero attached hydrogens (tertiary/aromatic N) is 2. The van der Waals surface area contributed by atoms with Crippen LogP contribution in [0.25, 0.3) is 0 Å². The molecule has 1 aromatic rings. The van der Waals surface area contributed by atoms with E-state index in [1.54, 1.807) is 4.90 Å². The van der Waals surface area contributed by atoms with Crippen LogP contribution in [0.2, 0.25) is 0 Å². The lowest BCUT2D eigenvalue weighted by atomic mass is 10.2. The zero-order valence-corrected chi connectivity index (χ0v) is 11.0. The third kappa shape index (κ3) is 3.43. The summed E-state index contributed by atoms with van der Waals surface area (Å²) in [5.41, 5.74) is -0.375. The summed E-state index contributed by atoms with van der Waals surface area (Å²) in [5.74, 6) is -0.803. The Bertz CT molecular complexity index is 514. The number of carbonyl (C=O) groups is 1. The number of halogens is 1. The van der Waals surface area contributed by atoms with Crippen LogP contribution in [-0.4, -0.2) is 28.9 Å². The fraction of sp³-hybridized carbons (Fsp3) is 0.462. The van der Waals surface area contributed by atoms with Gasteiger partial charge in [0.25, 0.3) is 5.69 Å². The van der Waals surface area contributed by atoms with Crippen LogP contribution in [0.4, 0.5) is 20.6 Å². The number of nitro groups is 1. The third-order valence-electron chi connectivity index (χ3n) is 3.30. The van der Waals surface area contributed by atoms with E-state index in [9.17, 15) is 19.3 Å². The van der Waals surface area contributed by atoms with E-state index in [4.69, 9.17) is 0 Å². The van der Waals surface area contributed by atoms with E-state index in [-0.39, 0.29) is 17.4 Å². The van der Waals surface area contributed by atoms with Crippen molar-refractivity contribution in [2.75, 3.05) is 18.4 Å². The number of hydrogen-bond acceptors (Lipinski definition) is 3. The van der Waals surface area contributed by atoms with Crippen LogP contribution in [0.15, 0.2) is 18.2 Å². The van der Waals surface area contributed by atoms with Crippen molar-refractivity contribution in [2.45, 2.75) is 25.7 Å². The number of carbonyl (C=O) groups excluding carboxylic acids is 1. The largest absolute Gasteiger partial charge is 0.325 e. The summed E-state index contributed by atoms with van der Waals surface area (Å²) in [6.07, 6.45) is 4.07. The Morgan fingerprint density at radius 3 is 2.45 bits per heavy atom. The zero-order chi connectivity index (χ0) is 14.5. The van der Waals surface area contributed by atoms with Gasteiger partial charge in [-0.15, -0.1) is 0 Å². The van der Waals surface area contributed by atoms with E-state index >= 15 is 0 Å². The standard InChI is InChI=1S/C13H16FN3O3/c14-11-9-10(17(19)20)5-6-12(11)15-13(18)16-7-3-1-2-4-8-16/h5-6,9H,1-4,7-8H2,(H,15,18). The molecule has 7 heteroatoms. The fourth-order valence-electron chi connectivity index (χ4n) is 2.19. The molecule has 0 atom stereocenters. The minimum atomic E-state index is -0.803. The average molecular weight is 281 g/mol. The van der Waals surface area contributed by atoms with Gasteiger partial charge in [0.05, 0.1) is 16.7 Å². The SMILES string of the molecule is O=C(Nc1ccc([N+](=O)[O-])cc1F)N1CCCCCC1. The summed E-state index contributed by atoms with van der Waals surface area (Å²) >= 11 is 0. The van der Waals surface area contributed by atoms with E-state index in [1.807, 2.05) is 0 Å². The van der Waals surface area contributed by atoms with Gasteiger partial charge in [0.1, 0.15) is 0 Å². The maximum Gasteiger partial charge on any atom is 0.321 e. The van der Waals surface area contributed by atoms with Crippen LogP contribution in [0.5, 0.6) is 0 Å². The Kier molecular flexibility index (Phi) is 4.49. The van der Waals surface area contributed by atoms with Crippen LogP contribution >= 0.6 is 0 Å². The van der Waals surface area contributed by atoms with Crippen molar-refractivity contribution in [1.82, 2.24) is 4.90 Å². The van der Waals surface area contributed by atoms with Crippen molar-refractivity contribution in [3.05, 3.63) is 34.1 Å². The molecule has 1 aliphatic heterocycles. The minimum Gasteiger partial charge on any atom is -0.325 e. The summed E-state index contributed by atoms with van der Waals surface area (Å²) in [6, 6.07) is 2.82. The van der Waals surface area contributed by atoms with Gasteiger partial charge in [-0.2, -0.15) is 0 Å². The molecule has 1 heterocycles. The number of benzene rings is 1. The van der Waals surface area contributed by atoms with Crippen LogP contribution in [0, 0.1) is 15.9 Å². The van der Waals surface area contributed by atoms with Crippen LogP contribution in [0.1, 0.15) is 25.7 Å². The Morgan fingerprint density at radius 2 is 1.90 bits per heavy atom. The van der Waals surface area contributed by atoms with Crippen molar-refractivity contribution in [3.8, 4) is 0 Å². The van der Waals surface area contributed by atoms with Crippen molar-refractivity contribution in [2.24, 2.45) is 0 Å². The highest BCUT2D eigenvalue weighted by Crippen LogP contribution is 2.21. The quantitative estimate of drug-likeness (QED) is 0.668. The highest BCUT2D eigenvalue weighted by molar-refractivity contribution is 5.89. The van der Waals surface area contributed by atoms with E-state index in [0.29, 0.717) is 13.1 Å². The zero-order valence-electron chi connectivity index (χ0n) is 11.0. The molecule has 0 bridgehead atoms. The van der Waals surface area contributed by atoms with Gasteiger partial charge in [0.15, 0.2) is 5.82 Å². The predicted molar refractivity (Wildman–Crippen MR) is 72.1 cm³/mol. The molecule has 0 radical (unpaired) electrons. The van der Waals surface area contributed by atoms with Gasteiger partial charge >= 0.3 is 6.03 Å². The molecule has 20 heavy (non-hydrogen) atoms. The molecule has 1 N–H and O–H groups in total. The average Bonchev–Trinajstić information content (AvgIpc) is 2.69. The predicted octanol–water partition coefficient (Wildman–Crippen LogP) is 3.14. The number of urea groups is 1. The van der Waals surface area contributed by atoms with Crippen molar-refractivity contribution < 1.29 is 14.1 Å². The van der Waals surface area contributed by atoms with Gasteiger partial charge in [0.2, 0.25) is 0 Å². The Labute approximate surface area is 115 Å². The lowest BCUT2D eigenvalue weighted by Gasteiger charge is -2.20. The molecule has 2 rings (SSSR count). The maximum absolute atomic E-state index is 13.7. The highest BCUT2D eigenvalue weighted by Gasteiger charge is 2.18. The highest BCUT2D eigenvalue weighted by atomic mass is 19.1. The number of nitrogens with one attached hydrogen (secondary N) is 1. The molecule has 1 aliphatic rings. The summed E-state index contributed by atoms with van der Waals surface area (Å²) < 4.78 is 13.7. The molecule has 1 saturated heterocycles. The normalized spacial score (nSPS) is 15.6. The molecule has 1 aromatic carbocycles. The molecule has 0 aromatic heterocycles. The molecule has 0 unspecified atom stereocenters. The van der Waals surface area contributed by atoms with E-state index in [0.717, 1.165) is 31.7 Å². The van der Waals surface area contributed by atoms with E-state index < -0.39 is 10.7 Å². The number of likely N-dealkylation sites (tertiary alicyclic amines) is 1. The minimum absolute atomic E-state index is 0.0372. The lowest BCUT2D eigenvalue weighted by molar-refractivity contribution is -0.385. The smallest absolute Gasteiger partial charge is 0.321 e. The number of hydrogen-bond donors (Lipinski definition) is 1. The summed E-state index contributed by atoms with van der Waals surface area (Å²) in [6.45, 7) is 1.31. The summed E-state index contributed by atoms with van der Waals surface area (Å²) in [5, 5.41) is 13.0. The second-order valence-electron chi connectivity index (χ2n) is 4.75. The number of nitro benzene ring substituents is 1. The molecule has 0 aliphatic carbocycles. The van der Waals surface area contributed by atoms with Gasteiger partial charge in [-0.3, -0.25) is 10.1 Å². The molecule has 0 saturated carbocycles. The molecule has 1 fully saturated rings. The number of amides is 2. The summed E-state index contributed by atoms with van der Waals surface area (Å²) in [7, 11) is 0. The molecule has 108 valence electrons. The molecule has 6 nitrogen and oxygen atoms in total. The lowest BCUT2D eigenvalue weighted by Crippen LogP contribution is -2.35. The number of rotatable bonds is 2. The molecular weight excluding hydrogens is 265 g/mol. The topological polar surface area (TPSA) is 75.5 Å². The van der Waals surface area contributed by atoms with E-state index in [2.05, 4.69) is 5.32 Å². The first-order valence-corrected chi connectivity index (χ1v) is 6.58. The van der Waals surface area contributed by atoms with Gasteiger partial charge < -0.3 is 10.2 Å². The van der Waals surface area contributed by atoms with Crippen LogP contribution in [-0.2, 0) is 0 Å². The van der Waals surface area contributed by atoms with Crippen LogP contribution < -0.4 is 5.32 Å². The third-order valence-corrected chi connectivity index (χ3v) is 3.30. The molecular formula is C13H16FN3O3. The second kappa shape index (κ2) is 6.31. The first-order chi connectivity index (χ1) is 9.58. The van der Waals surface area contributed by atoms with Gasteiger partial charge in [-0.05, 0) is 18.9 Å². The van der Waals surface area contributed by atoms with Crippen molar-refractivity contribution in [3.63, 3.8) is 0 Å². The van der Waals surface area contributed by atoms with E-state index in [1.165, 1.54) is 12.1 Å². The van der Waals surface area contributed by atoms with Gasteiger partial charge in [-0.25, -0.2) is 9.18 Å². The van der Waals surface area contributed by atoms with Crippen molar-refractivity contribution >= 4 is 17.4 Å². The second-order valence-corrected chi connectivity index (χ2v) is 4.75. The Morgan fingerprint density at radius 1 is 1.25 bits per heavy atom. The number of anilines is 1. The van der Waals surface area contributed by atoms with Gasteiger partial charge in [0, 0.05) is 19.2 Å². The molecule has 2 amide bonds. The maximum atomic E-state index is 13.7.